The van der Waals surface area contributed by atoms with Gasteiger partial charge in [0.25, 0.3) is 5.91 Å². The van der Waals surface area contributed by atoms with Gasteiger partial charge in [0.2, 0.25) is 5.96 Å². The normalized spacial score (nSPS) is 10.4. The minimum absolute atomic E-state index is 0.0301. The van der Waals surface area contributed by atoms with Crippen LogP contribution in [0, 0.1) is 0 Å². The Morgan fingerprint density at radius 2 is 1.80 bits per heavy atom. The van der Waals surface area contributed by atoms with Crippen molar-refractivity contribution in [3.05, 3.63) is 35.9 Å². The van der Waals surface area contributed by atoms with Gasteiger partial charge in [-0.2, -0.15) is 5.10 Å². The van der Waals surface area contributed by atoms with Crippen molar-refractivity contribution >= 4 is 34.9 Å². The molecule has 0 heterocycles. The van der Waals surface area contributed by atoms with E-state index >= 15 is 0 Å². The van der Waals surface area contributed by atoms with Crippen molar-refractivity contribution in [2.75, 3.05) is 0 Å². The molecule has 0 fully saturated rings. The average Bonchev–Trinajstić information content (AvgIpc) is 2.43. The summed E-state index contributed by atoms with van der Waals surface area (Å²) in [5, 5.41) is 9.99. The Balaban J connectivity index is 2.43. The second-order valence-electron chi connectivity index (χ2n) is 3.93. The molecular formula is C12H16N6OS. The number of hydrazine groups is 1. The van der Waals surface area contributed by atoms with E-state index in [1.807, 2.05) is 6.07 Å². The highest BCUT2D eigenvalue weighted by atomic mass is 32.1. The zero-order valence-corrected chi connectivity index (χ0v) is 12.0. The summed E-state index contributed by atoms with van der Waals surface area (Å²) in [6, 6.07) is 8.71. The lowest BCUT2D eigenvalue weighted by Gasteiger charge is -2.10. The maximum Gasteiger partial charge on any atom is 0.257 e. The summed E-state index contributed by atoms with van der Waals surface area (Å²) in [6.07, 6.45) is 0. The molecule has 1 aromatic rings. The fourth-order valence-electron chi connectivity index (χ4n) is 1.10. The van der Waals surface area contributed by atoms with Gasteiger partial charge >= 0.3 is 0 Å². The molecule has 0 saturated heterocycles. The molecule has 0 aliphatic carbocycles. The summed E-state index contributed by atoms with van der Waals surface area (Å²) in [5.41, 5.74) is 11.8. The van der Waals surface area contributed by atoms with Crippen LogP contribution in [0.5, 0.6) is 0 Å². The van der Waals surface area contributed by atoms with E-state index in [9.17, 15) is 4.79 Å². The van der Waals surface area contributed by atoms with Gasteiger partial charge in [-0.15, -0.1) is 5.10 Å². The fourth-order valence-corrected chi connectivity index (χ4v) is 1.24. The molecule has 106 valence electrons. The van der Waals surface area contributed by atoms with Crippen LogP contribution < -0.4 is 21.9 Å². The summed E-state index contributed by atoms with van der Waals surface area (Å²) in [5.74, 6) is -0.287. The molecule has 0 unspecified atom stereocenters. The Kier molecular flexibility index (Phi) is 6.11. The van der Waals surface area contributed by atoms with E-state index in [1.54, 1.807) is 38.1 Å². The third-order valence-electron chi connectivity index (χ3n) is 1.92. The van der Waals surface area contributed by atoms with Crippen molar-refractivity contribution in [2.24, 2.45) is 15.9 Å². The summed E-state index contributed by atoms with van der Waals surface area (Å²) < 4.78 is 0. The van der Waals surface area contributed by atoms with E-state index in [4.69, 9.17) is 18.0 Å². The predicted molar refractivity (Wildman–Crippen MR) is 83.2 cm³/mol. The van der Waals surface area contributed by atoms with Gasteiger partial charge in [-0.05, 0) is 38.2 Å². The highest BCUT2D eigenvalue weighted by Crippen LogP contribution is 1.97. The summed E-state index contributed by atoms with van der Waals surface area (Å²) >= 11 is 4.93. The zero-order valence-electron chi connectivity index (χ0n) is 11.2. The van der Waals surface area contributed by atoms with Crippen LogP contribution in [0.1, 0.15) is 24.2 Å². The standard InChI is InChI=1S/C12H16N6OS/c1-8(2)15-16-11(13)17-18-12(20)14-10(19)9-6-4-3-5-7-9/h3-7H,1-2H3,(H3,13,16,17)(H2,14,18,19,20). The van der Waals surface area contributed by atoms with Crippen molar-refractivity contribution in [2.45, 2.75) is 13.8 Å². The van der Waals surface area contributed by atoms with E-state index in [2.05, 4.69) is 26.4 Å². The first-order valence-corrected chi connectivity index (χ1v) is 6.16. The molecule has 0 bridgehead atoms. The molecule has 0 aliphatic rings. The molecule has 5 N–H and O–H groups in total. The van der Waals surface area contributed by atoms with Crippen LogP contribution >= 0.6 is 12.2 Å². The number of nitrogens with two attached hydrogens (primary N) is 1. The molecule has 20 heavy (non-hydrogen) atoms. The summed E-state index contributed by atoms with van der Waals surface area (Å²) in [4.78, 5) is 11.8. The van der Waals surface area contributed by atoms with E-state index in [0.29, 0.717) is 5.56 Å². The van der Waals surface area contributed by atoms with E-state index in [1.165, 1.54) is 0 Å². The Hall–Kier alpha value is -2.48. The molecule has 8 heteroatoms. The van der Waals surface area contributed by atoms with E-state index in [0.717, 1.165) is 5.71 Å². The number of carbonyl (C=O) groups excluding carboxylic acids is 1. The van der Waals surface area contributed by atoms with Gasteiger partial charge in [-0.1, -0.05) is 18.2 Å². The van der Waals surface area contributed by atoms with Crippen LogP contribution in [-0.2, 0) is 0 Å². The lowest BCUT2D eigenvalue weighted by molar-refractivity contribution is 0.0976. The third kappa shape index (κ3) is 5.91. The number of guanidine groups is 1. The van der Waals surface area contributed by atoms with Crippen molar-refractivity contribution < 1.29 is 4.79 Å². The predicted octanol–water partition coefficient (Wildman–Crippen LogP) is 0.506. The van der Waals surface area contributed by atoms with Crippen LogP contribution in [-0.4, -0.2) is 22.7 Å². The van der Waals surface area contributed by atoms with Gasteiger partial charge in [-0.3, -0.25) is 21.0 Å². The Labute approximate surface area is 122 Å². The monoisotopic (exact) mass is 292 g/mol. The van der Waals surface area contributed by atoms with Crippen LogP contribution in [0.3, 0.4) is 0 Å². The Morgan fingerprint density at radius 3 is 2.40 bits per heavy atom. The number of hydrogen-bond donors (Lipinski definition) is 4. The van der Waals surface area contributed by atoms with Crippen LogP contribution in [0.15, 0.2) is 40.5 Å². The molecule has 0 aromatic heterocycles. The number of nitrogens with one attached hydrogen (secondary N) is 3. The maximum atomic E-state index is 11.8. The largest absolute Gasteiger partial charge is 0.367 e. The van der Waals surface area contributed by atoms with Crippen LogP contribution in [0.25, 0.3) is 0 Å². The molecule has 0 spiro atoms. The zero-order chi connectivity index (χ0) is 15.0. The minimum Gasteiger partial charge on any atom is -0.367 e. The summed E-state index contributed by atoms with van der Waals surface area (Å²) in [7, 11) is 0. The highest BCUT2D eigenvalue weighted by molar-refractivity contribution is 7.80. The topological polar surface area (TPSA) is 104 Å². The minimum atomic E-state index is -0.317. The first-order chi connectivity index (χ1) is 9.49. The number of amides is 1. The van der Waals surface area contributed by atoms with Gasteiger partial charge in [-0.25, -0.2) is 0 Å². The molecule has 7 nitrogen and oxygen atoms in total. The molecule has 0 saturated carbocycles. The SMILES string of the molecule is CC(C)=N/N=C(/N)NNC(=S)NC(=O)c1ccccc1. The molecule has 0 radical (unpaired) electrons. The van der Waals surface area contributed by atoms with E-state index < -0.39 is 0 Å². The Bertz CT molecular complexity index is 536. The van der Waals surface area contributed by atoms with Crippen molar-refractivity contribution in [3.8, 4) is 0 Å². The number of hydrogen-bond acceptors (Lipinski definition) is 4. The number of rotatable bonds is 2. The quantitative estimate of drug-likeness (QED) is 0.275. The molecule has 1 rings (SSSR count). The smallest absolute Gasteiger partial charge is 0.257 e. The van der Waals surface area contributed by atoms with Gasteiger partial charge in [0.1, 0.15) is 0 Å². The second kappa shape index (κ2) is 7.85. The lowest BCUT2D eigenvalue weighted by Crippen LogP contribution is -2.50. The number of carbonyl (C=O) groups is 1. The maximum absolute atomic E-state index is 11.8. The van der Waals surface area contributed by atoms with Gasteiger partial charge in [0, 0.05) is 11.3 Å². The number of thiocarbonyl (C=S) groups is 1. The molecule has 0 aliphatic heterocycles. The molecule has 1 amide bonds. The van der Waals surface area contributed by atoms with Gasteiger partial charge < -0.3 is 5.73 Å². The second-order valence-corrected chi connectivity index (χ2v) is 4.34. The third-order valence-corrected chi connectivity index (χ3v) is 2.13. The van der Waals surface area contributed by atoms with Crippen molar-refractivity contribution in [1.29, 1.82) is 0 Å². The van der Waals surface area contributed by atoms with Gasteiger partial charge in [0.15, 0.2) is 5.11 Å². The van der Waals surface area contributed by atoms with Crippen molar-refractivity contribution in [1.82, 2.24) is 16.2 Å². The average molecular weight is 292 g/mol. The Morgan fingerprint density at radius 1 is 1.15 bits per heavy atom. The number of benzene rings is 1. The number of nitrogens with zero attached hydrogens (tertiary/aromatic N) is 2. The first kappa shape index (κ1) is 15.6. The fraction of sp³-hybridized carbons (Fsp3) is 0.167. The van der Waals surface area contributed by atoms with Crippen LogP contribution in [0.2, 0.25) is 0 Å². The van der Waals surface area contributed by atoms with Gasteiger partial charge in [0.05, 0.1) is 0 Å². The molecule has 0 atom stereocenters. The van der Waals surface area contributed by atoms with Crippen molar-refractivity contribution in [3.63, 3.8) is 0 Å². The van der Waals surface area contributed by atoms with E-state index in [-0.39, 0.29) is 17.0 Å². The highest BCUT2D eigenvalue weighted by Gasteiger charge is 2.06. The first-order valence-electron chi connectivity index (χ1n) is 5.75. The summed E-state index contributed by atoms with van der Waals surface area (Å²) in [6.45, 7) is 3.57. The lowest BCUT2D eigenvalue weighted by atomic mass is 10.2. The van der Waals surface area contributed by atoms with Crippen LogP contribution in [0.4, 0.5) is 0 Å². The molecular weight excluding hydrogens is 276 g/mol. The molecule has 1 aromatic carbocycles.